The zero-order valence-corrected chi connectivity index (χ0v) is 8.00. The highest BCUT2D eigenvalue weighted by atomic mass is 19.1. The molecule has 2 nitrogen and oxygen atoms in total. The number of nitrogens with zero attached hydrogens (tertiary/aromatic N) is 2. The molecule has 0 unspecified atom stereocenters. The number of fused-ring (bicyclic) bond motifs is 1. The van der Waals surface area contributed by atoms with Gasteiger partial charge in [0.15, 0.2) is 0 Å². The van der Waals surface area contributed by atoms with E-state index < -0.39 is 0 Å². The molecule has 0 atom stereocenters. The van der Waals surface area contributed by atoms with Gasteiger partial charge in [-0.15, -0.1) is 0 Å². The van der Waals surface area contributed by atoms with E-state index in [0.717, 1.165) is 11.2 Å². The van der Waals surface area contributed by atoms with Gasteiger partial charge in [-0.05, 0) is 25.1 Å². The van der Waals surface area contributed by atoms with Crippen molar-refractivity contribution >= 4 is 10.9 Å². The minimum Gasteiger partial charge on any atom is -0.347 e. The van der Waals surface area contributed by atoms with Crippen LogP contribution in [-0.2, 0) is 7.05 Å². The van der Waals surface area contributed by atoms with Crippen LogP contribution in [0.3, 0.4) is 0 Å². The second-order valence-electron chi connectivity index (χ2n) is 3.29. The van der Waals surface area contributed by atoms with Gasteiger partial charge in [0.05, 0.1) is 5.56 Å². The number of nitriles is 1. The summed E-state index contributed by atoms with van der Waals surface area (Å²) in [7, 11) is 1.87. The molecule has 2 rings (SSSR count). The lowest BCUT2D eigenvalue weighted by Crippen LogP contribution is -1.90. The summed E-state index contributed by atoms with van der Waals surface area (Å²) in [5.74, 6) is -0.306. The summed E-state index contributed by atoms with van der Waals surface area (Å²) in [6, 6.07) is 6.60. The molecular formula is C11H9FN2. The molecule has 0 aliphatic carbocycles. The molecule has 1 aromatic carbocycles. The van der Waals surface area contributed by atoms with Gasteiger partial charge < -0.3 is 4.57 Å². The molecule has 0 radical (unpaired) electrons. The number of aromatic nitrogens is 1. The average molecular weight is 188 g/mol. The van der Waals surface area contributed by atoms with Crippen molar-refractivity contribution in [2.45, 2.75) is 6.92 Å². The first kappa shape index (κ1) is 8.76. The molecule has 70 valence electrons. The Hall–Kier alpha value is -1.82. The van der Waals surface area contributed by atoms with Crippen molar-refractivity contribution in [1.29, 1.82) is 5.26 Å². The van der Waals surface area contributed by atoms with Gasteiger partial charge >= 0.3 is 0 Å². The summed E-state index contributed by atoms with van der Waals surface area (Å²) >= 11 is 0. The van der Waals surface area contributed by atoms with Crippen molar-refractivity contribution in [3.8, 4) is 6.07 Å². The molecule has 14 heavy (non-hydrogen) atoms. The van der Waals surface area contributed by atoms with Crippen LogP contribution in [0.1, 0.15) is 11.3 Å². The van der Waals surface area contributed by atoms with Crippen LogP contribution < -0.4 is 0 Å². The van der Waals surface area contributed by atoms with Crippen LogP contribution in [0.15, 0.2) is 18.2 Å². The maximum absolute atomic E-state index is 13.0. The third-order valence-electron chi connectivity index (χ3n) is 2.57. The second-order valence-corrected chi connectivity index (χ2v) is 3.29. The maximum Gasteiger partial charge on any atom is 0.124 e. The predicted octanol–water partition coefficient (Wildman–Crippen LogP) is 2.50. The van der Waals surface area contributed by atoms with E-state index in [-0.39, 0.29) is 5.82 Å². The van der Waals surface area contributed by atoms with Gasteiger partial charge in [0.2, 0.25) is 0 Å². The maximum atomic E-state index is 13.0. The molecule has 0 amide bonds. The van der Waals surface area contributed by atoms with E-state index in [1.165, 1.54) is 12.1 Å². The molecule has 0 spiro atoms. The fourth-order valence-electron chi connectivity index (χ4n) is 1.69. The fourth-order valence-corrected chi connectivity index (χ4v) is 1.69. The Bertz CT molecular complexity index is 546. The third-order valence-corrected chi connectivity index (χ3v) is 2.57. The Balaban J connectivity index is 2.98. The van der Waals surface area contributed by atoms with E-state index in [0.29, 0.717) is 10.9 Å². The topological polar surface area (TPSA) is 28.7 Å². The monoisotopic (exact) mass is 188 g/mol. The van der Waals surface area contributed by atoms with E-state index in [4.69, 9.17) is 5.26 Å². The third kappa shape index (κ3) is 1.01. The highest BCUT2D eigenvalue weighted by Gasteiger charge is 2.11. The smallest absolute Gasteiger partial charge is 0.124 e. The molecule has 0 aliphatic heterocycles. The summed E-state index contributed by atoms with van der Waals surface area (Å²) in [4.78, 5) is 0. The van der Waals surface area contributed by atoms with Crippen LogP contribution >= 0.6 is 0 Å². The molecule has 0 saturated heterocycles. The second kappa shape index (κ2) is 2.85. The molecule has 0 bridgehead atoms. The fraction of sp³-hybridized carbons (Fsp3) is 0.182. The molecule has 3 heteroatoms. The van der Waals surface area contributed by atoms with Crippen LogP contribution in [0.2, 0.25) is 0 Å². The molecule has 1 aromatic heterocycles. The molecular weight excluding hydrogens is 179 g/mol. The standard InChI is InChI=1S/C11H9FN2/c1-7-10(6-13)9-5-8(12)3-4-11(9)14(7)2/h3-5H,1-2H3. The Morgan fingerprint density at radius 3 is 2.79 bits per heavy atom. The normalized spacial score (nSPS) is 10.4. The largest absolute Gasteiger partial charge is 0.347 e. The van der Waals surface area contributed by atoms with Crippen LogP contribution in [0, 0.1) is 24.1 Å². The summed E-state index contributed by atoms with van der Waals surface area (Å²) in [6.07, 6.45) is 0. The van der Waals surface area contributed by atoms with E-state index in [2.05, 4.69) is 6.07 Å². The molecule has 1 heterocycles. The first-order valence-corrected chi connectivity index (χ1v) is 4.30. The van der Waals surface area contributed by atoms with Gasteiger partial charge in [0, 0.05) is 23.6 Å². The zero-order valence-electron chi connectivity index (χ0n) is 8.00. The van der Waals surface area contributed by atoms with Gasteiger partial charge in [-0.2, -0.15) is 5.26 Å². The zero-order chi connectivity index (χ0) is 10.3. The molecule has 0 aliphatic rings. The molecule has 0 N–H and O–H groups in total. The number of hydrogen-bond donors (Lipinski definition) is 0. The number of hydrogen-bond acceptors (Lipinski definition) is 1. The Morgan fingerprint density at radius 1 is 1.43 bits per heavy atom. The first-order chi connectivity index (χ1) is 6.65. The lowest BCUT2D eigenvalue weighted by atomic mass is 10.1. The van der Waals surface area contributed by atoms with Crippen molar-refractivity contribution in [3.63, 3.8) is 0 Å². The van der Waals surface area contributed by atoms with E-state index in [1.807, 2.05) is 18.5 Å². The Kier molecular flexibility index (Phi) is 1.78. The number of aryl methyl sites for hydroxylation is 1. The number of halogens is 1. The Labute approximate surface area is 81.2 Å². The SMILES string of the molecule is Cc1c(C#N)c2cc(F)ccc2n1C. The summed E-state index contributed by atoms with van der Waals surface area (Å²) in [5.41, 5.74) is 2.32. The predicted molar refractivity (Wildman–Crippen MR) is 52.3 cm³/mol. The highest BCUT2D eigenvalue weighted by molar-refractivity contribution is 5.87. The average Bonchev–Trinajstić information content (AvgIpc) is 2.39. The summed E-state index contributed by atoms with van der Waals surface area (Å²) in [5, 5.41) is 9.62. The quantitative estimate of drug-likeness (QED) is 0.624. The summed E-state index contributed by atoms with van der Waals surface area (Å²) < 4.78 is 14.9. The van der Waals surface area contributed by atoms with Crippen LogP contribution in [0.5, 0.6) is 0 Å². The Morgan fingerprint density at radius 2 is 2.14 bits per heavy atom. The lowest BCUT2D eigenvalue weighted by Gasteiger charge is -1.96. The van der Waals surface area contributed by atoms with Gasteiger partial charge in [0.25, 0.3) is 0 Å². The van der Waals surface area contributed by atoms with E-state index >= 15 is 0 Å². The highest BCUT2D eigenvalue weighted by Crippen LogP contribution is 2.24. The molecule has 0 fully saturated rings. The molecule has 2 aromatic rings. The lowest BCUT2D eigenvalue weighted by molar-refractivity contribution is 0.629. The number of benzene rings is 1. The minimum absolute atomic E-state index is 0.306. The van der Waals surface area contributed by atoms with Crippen LogP contribution in [-0.4, -0.2) is 4.57 Å². The number of rotatable bonds is 0. The van der Waals surface area contributed by atoms with Crippen molar-refractivity contribution < 1.29 is 4.39 Å². The first-order valence-electron chi connectivity index (χ1n) is 4.30. The van der Waals surface area contributed by atoms with Crippen LogP contribution in [0.25, 0.3) is 10.9 Å². The van der Waals surface area contributed by atoms with E-state index in [9.17, 15) is 4.39 Å². The van der Waals surface area contributed by atoms with Crippen molar-refractivity contribution in [1.82, 2.24) is 4.57 Å². The van der Waals surface area contributed by atoms with Crippen molar-refractivity contribution in [3.05, 3.63) is 35.3 Å². The van der Waals surface area contributed by atoms with Crippen molar-refractivity contribution in [2.75, 3.05) is 0 Å². The van der Waals surface area contributed by atoms with E-state index in [1.54, 1.807) is 6.07 Å². The molecule has 0 saturated carbocycles. The van der Waals surface area contributed by atoms with Gasteiger partial charge in [0.1, 0.15) is 11.9 Å². The summed E-state index contributed by atoms with van der Waals surface area (Å²) in [6.45, 7) is 1.86. The van der Waals surface area contributed by atoms with Gasteiger partial charge in [-0.3, -0.25) is 0 Å². The van der Waals surface area contributed by atoms with Gasteiger partial charge in [-0.1, -0.05) is 0 Å². The van der Waals surface area contributed by atoms with Crippen LogP contribution in [0.4, 0.5) is 4.39 Å². The van der Waals surface area contributed by atoms with Crippen molar-refractivity contribution in [2.24, 2.45) is 7.05 Å². The van der Waals surface area contributed by atoms with Gasteiger partial charge in [-0.25, -0.2) is 4.39 Å². The minimum atomic E-state index is -0.306.